The highest BCUT2D eigenvalue weighted by molar-refractivity contribution is 5.73. The minimum Gasteiger partial charge on any atom is -0.492 e. The quantitative estimate of drug-likeness (QED) is 0.778. The monoisotopic (exact) mass is 353 g/mol. The van der Waals surface area contributed by atoms with Gasteiger partial charge in [-0.3, -0.25) is 4.98 Å². The smallest absolute Gasteiger partial charge is 0.317 e. The Morgan fingerprint density at radius 1 is 1.15 bits per heavy atom. The number of pyridine rings is 1. The number of likely N-dealkylation sites (N-methyl/N-ethyl adjacent to an activating group) is 1. The van der Waals surface area contributed by atoms with E-state index in [1.807, 2.05) is 18.2 Å². The van der Waals surface area contributed by atoms with Crippen LogP contribution in [0.4, 0.5) is 4.79 Å². The van der Waals surface area contributed by atoms with Crippen LogP contribution in [0.15, 0.2) is 42.7 Å². The van der Waals surface area contributed by atoms with Crippen LogP contribution in [0.5, 0.6) is 5.75 Å². The maximum absolute atomic E-state index is 12.1. The Hall–Kier alpha value is -2.56. The van der Waals surface area contributed by atoms with Gasteiger partial charge in [0.05, 0.1) is 6.54 Å². The summed E-state index contributed by atoms with van der Waals surface area (Å²) in [6.45, 7) is 1.64. The molecule has 0 atom stereocenters. The summed E-state index contributed by atoms with van der Waals surface area (Å²) in [5.41, 5.74) is 4.04. The first-order chi connectivity index (χ1) is 12.7. The molecule has 2 aromatic rings. The summed E-state index contributed by atoms with van der Waals surface area (Å²) in [5, 5.41) is 2.90. The molecule has 0 unspecified atom stereocenters. The van der Waals surface area contributed by atoms with Gasteiger partial charge in [-0.2, -0.15) is 0 Å². The molecule has 0 saturated carbocycles. The number of urea groups is 1. The van der Waals surface area contributed by atoms with Crippen LogP contribution >= 0.6 is 0 Å². The van der Waals surface area contributed by atoms with Gasteiger partial charge < -0.3 is 15.0 Å². The van der Waals surface area contributed by atoms with Gasteiger partial charge in [-0.15, -0.1) is 0 Å². The van der Waals surface area contributed by atoms with Crippen LogP contribution in [-0.4, -0.2) is 42.7 Å². The van der Waals surface area contributed by atoms with E-state index >= 15 is 0 Å². The first kappa shape index (κ1) is 18.2. The summed E-state index contributed by atoms with van der Waals surface area (Å²) >= 11 is 0. The number of amides is 2. The Balaban J connectivity index is 1.35. The molecule has 1 aromatic carbocycles. The topological polar surface area (TPSA) is 54.5 Å². The summed E-state index contributed by atoms with van der Waals surface area (Å²) in [4.78, 5) is 17.8. The second-order valence-corrected chi connectivity index (χ2v) is 6.75. The largest absolute Gasteiger partial charge is 0.492 e. The molecule has 0 aliphatic heterocycles. The van der Waals surface area contributed by atoms with Crippen molar-refractivity contribution in [2.75, 3.05) is 26.7 Å². The maximum atomic E-state index is 12.1. The molecule has 3 rings (SSSR count). The van der Waals surface area contributed by atoms with E-state index in [1.54, 1.807) is 24.3 Å². The van der Waals surface area contributed by atoms with Gasteiger partial charge in [-0.25, -0.2) is 4.79 Å². The number of aryl methyl sites for hydroxylation is 2. The highest BCUT2D eigenvalue weighted by Gasteiger charge is 2.10. The lowest BCUT2D eigenvalue weighted by Gasteiger charge is -2.19. The molecule has 2 amide bonds. The molecule has 5 heteroatoms. The molecule has 5 nitrogen and oxygen atoms in total. The SMILES string of the molecule is CN(CCc1ccncc1)C(=O)NCCOc1ccc2c(c1)CCCC2. The normalized spacial score (nSPS) is 13.0. The van der Waals surface area contributed by atoms with E-state index < -0.39 is 0 Å². The third-order valence-corrected chi connectivity index (χ3v) is 4.80. The van der Waals surface area contributed by atoms with Crippen molar-refractivity contribution in [2.45, 2.75) is 32.1 Å². The Morgan fingerprint density at radius 2 is 1.92 bits per heavy atom. The van der Waals surface area contributed by atoms with Crippen molar-refractivity contribution in [1.82, 2.24) is 15.2 Å². The van der Waals surface area contributed by atoms with E-state index in [4.69, 9.17) is 4.74 Å². The number of aromatic nitrogens is 1. The summed E-state index contributed by atoms with van der Waals surface area (Å²) < 4.78 is 5.79. The predicted octanol–water partition coefficient (Wildman–Crippen LogP) is 3.22. The minimum atomic E-state index is -0.0758. The van der Waals surface area contributed by atoms with Crippen LogP contribution in [0.25, 0.3) is 0 Å². The summed E-state index contributed by atoms with van der Waals surface area (Å²) in [5.74, 6) is 0.894. The number of hydrogen-bond donors (Lipinski definition) is 1. The van der Waals surface area contributed by atoms with Crippen LogP contribution in [0.3, 0.4) is 0 Å². The van der Waals surface area contributed by atoms with Gasteiger partial charge in [0, 0.05) is 26.0 Å². The van der Waals surface area contributed by atoms with E-state index in [9.17, 15) is 4.79 Å². The highest BCUT2D eigenvalue weighted by Crippen LogP contribution is 2.25. The van der Waals surface area contributed by atoms with Gasteiger partial charge in [0.1, 0.15) is 12.4 Å². The fourth-order valence-corrected chi connectivity index (χ4v) is 3.21. The number of hydrogen-bond acceptors (Lipinski definition) is 3. The lowest BCUT2D eigenvalue weighted by atomic mass is 9.92. The number of carbonyl (C=O) groups is 1. The average Bonchev–Trinajstić information content (AvgIpc) is 2.70. The van der Waals surface area contributed by atoms with Gasteiger partial charge in [0.15, 0.2) is 0 Å². The van der Waals surface area contributed by atoms with Crippen molar-refractivity contribution in [3.05, 3.63) is 59.4 Å². The molecule has 1 aromatic heterocycles. The zero-order chi connectivity index (χ0) is 18.2. The molecule has 1 N–H and O–H groups in total. The predicted molar refractivity (Wildman–Crippen MR) is 103 cm³/mol. The first-order valence-corrected chi connectivity index (χ1v) is 9.35. The van der Waals surface area contributed by atoms with Crippen molar-refractivity contribution < 1.29 is 9.53 Å². The van der Waals surface area contributed by atoms with Gasteiger partial charge in [-0.1, -0.05) is 6.07 Å². The fraction of sp³-hybridized carbons (Fsp3) is 0.429. The Bertz CT molecular complexity index is 718. The van der Waals surface area contributed by atoms with Gasteiger partial charge in [0.25, 0.3) is 0 Å². The zero-order valence-corrected chi connectivity index (χ0v) is 15.4. The van der Waals surface area contributed by atoms with Crippen molar-refractivity contribution >= 4 is 6.03 Å². The standard InChI is InChI=1S/C21H27N3O2/c1-24(14-10-17-8-11-22-12-9-17)21(25)23-13-15-26-20-7-6-18-4-2-3-5-19(18)16-20/h6-9,11-12,16H,2-5,10,13-15H2,1H3,(H,23,25). The van der Waals surface area contributed by atoms with Crippen LogP contribution in [0, 0.1) is 0 Å². The summed E-state index contributed by atoms with van der Waals surface area (Å²) in [6.07, 6.45) is 9.23. The van der Waals surface area contributed by atoms with Crippen molar-refractivity contribution in [3.63, 3.8) is 0 Å². The minimum absolute atomic E-state index is 0.0758. The number of nitrogens with one attached hydrogen (secondary N) is 1. The van der Waals surface area contributed by atoms with Crippen molar-refractivity contribution in [1.29, 1.82) is 0 Å². The number of ether oxygens (including phenoxy) is 1. The van der Waals surface area contributed by atoms with E-state index in [2.05, 4.69) is 22.4 Å². The molecule has 0 spiro atoms. The molecule has 1 heterocycles. The molecule has 0 radical (unpaired) electrons. The number of nitrogens with zero attached hydrogens (tertiary/aromatic N) is 2. The van der Waals surface area contributed by atoms with Crippen molar-refractivity contribution in [2.24, 2.45) is 0 Å². The number of carbonyl (C=O) groups excluding carboxylic acids is 1. The molecule has 1 aliphatic carbocycles. The Labute approximate surface area is 155 Å². The van der Waals surface area contributed by atoms with Crippen LogP contribution in [-0.2, 0) is 19.3 Å². The van der Waals surface area contributed by atoms with E-state index in [1.165, 1.54) is 36.0 Å². The van der Waals surface area contributed by atoms with Crippen molar-refractivity contribution in [3.8, 4) is 5.75 Å². The lowest BCUT2D eigenvalue weighted by molar-refractivity contribution is 0.206. The van der Waals surface area contributed by atoms with E-state index in [0.29, 0.717) is 19.7 Å². The molecular weight excluding hydrogens is 326 g/mol. The number of benzene rings is 1. The summed E-state index contributed by atoms with van der Waals surface area (Å²) in [7, 11) is 1.81. The van der Waals surface area contributed by atoms with E-state index in [-0.39, 0.29) is 6.03 Å². The van der Waals surface area contributed by atoms with Crippen LogP contribution < -0.4 is 10.1 Å². The Kier molecular flexibility index (Phi) is 6.47. The first-order valence-electron chi connectivity index (χ1n) is 9.35. The molecular formula is C21H27N3O2. The second-order valence-electron chi connectivity index (χ2n) is 6.75. The van der Waals surface area contributed by atoms with Crippen LogP contribution in [0.2, 0.25) is 0 Å². The Morgan fingerprint density at radius 3 is 2.73 bits per heavy atom. The number of rotatable bonds is 7. The average molecular weight is 353 g/mol. The molecule has 1 aliphatic rings. The molecule has 0 saturated heterocycles. The molecule has 26 heavy (non-hydrogen) atoms. The zero-order valence-electron chi connectivity index (χ0n) is 15.4. The third-order valence-electron chi connectivity index (χ3n) is 4.80. The third kappa shape index (κ3) is 5.22. The summed E-state index contributed by atoms with van der Waals surface area (Å²) in [6, 6.07) is 10.2. The second kappa shape index (κ2) is 9.22. The van der Waals surface area contributed by atoms with Gasteiger partial charge in [0.2, 0.25) is 0 Å². The van der Waals surface area contributed by atoms with Gasteiger partial charge >= 0.3 is 6.03 Å². The van der Waals surface area contributed by atoms with Gasteiger partial charge in [-0.05, 0) is 73.1 Å². The molecule has 0 fully saturated rings. The van der Waals surface area contributed by atoms with Crippen LogP contribution in [0.1, 0.15) is 29.5 Å². The maximum Gasteiger partial charge on any atom is 0.317 e. The lowest BCUT2D eigenvalue weighted by Crippen LogP contribution is -2.40. The fourth-order valence-electron chi connectivity index (χ4n) is 3.21. The molecule has 0 bridgehead atoms. The number of fused-ring (bicyclic) bond motifs is 1. The van der Waals surface area contributed by atoms with E-state index in [0.717, 1.165) is 18.6 Å². The highest BCUT2D eigenvalue weighted by atomic mass is 16.5. The molecule has 138 valence electrons.